The van der Waals surface area contributed by atoms with Crippen molar-refractivity contribution >= 4 is 45.2 Å². The number of hydrogen-bond acceptors (Lipinski definition) is 8. The van der Waals surface area contributed by atoms with Crippen LogP contribution in [-0.4, -0.2) is 120 Å². The Morgan fingerprint density at radius 2 is 1.06 bits per heavy atom. The van der Waals surface area contributed by atoms with Crippen LogP contribution in [0.5, 0.6) is 0 Å². The Bertz CT molecular complexity index is 1750. The van der Waals surface area contributed by atoms with E-state index in [1.54, 1.807) is 24.3 Å². The van der Waals surface area contributed by atoms with Crippen LogP contribution in [0.3, 0.4) is 0 Å². The molecule has 48 heavy (non-hydrogen) atoms. The summed E-state index contributed by atoms with van der Waals surface area (Å²) in [6.07, 6.45) is 0.784. The monoisotopic (exact) mass is 650 g/mol. The number of amides is 4. The molecule has 2 aliphatic rings. The van der Waals surface area contributed by atoms with Gasteiger partial charge in [-0.1, -0.05) is 48.5 Å². The largest absolute Gasteiger partial charge is 0.394 e. The summed E-state index contributed by atoms with van der Waals surface area (Å²) in [5, 5.41) is 12.4. The Morgan fingerprint density at radius 3 is 1.50 bits per heavy atom. The lowest BCUT2D eigenvalue weighted by Crippen LogP contribution is -2.47. The quantitative estimate of drug-likeness (QED) is 0.141. The SMILES string of the molecule is CC(C)N(CCCN(CCOCCO)CCN1C(=O)c2cccc3cccc(c23)C1=O)CCN1C(=O)c2cccc3cccc(c23)C1=O. The van der Waals surface area contributed by atoms with Crippen molar-refractivity contribution in [3.63, 3.8) is 0 Å². The smallest absolute Gasteiger partial charge is 0.261 e. The second-order valence-corrected chi connectivity index (χ2v) is 12.6. The Balaban J connectivity index is 1.08. The molecule has 0 fully saturated rings. The Kier molecular flexibility index (Phi) is 10.3. The molecule has 6 rings (SSSR count). The van der Waals surface area contributed by atoms with Crippen molar-refractivity contribution in [2.24, 2.45) is 0 Å². The lowest BCUT2D eigenvalue weighted by Gasteiger charge is -2.33. The molecule has 0 aliphatic carbocycles. The highest BCUT2D eigenvalue weighted by molar-refractivity contribution is 6.26. The van der Waals surface area contributed by atoms with Gasteiger partial charge >= 0.3 is 0 Å². The number of carbonyl (C=O) groups excluding carboxylic acids is 4. The van der Waals surface area contributed by atoms with Gasteiger partial charge in [0.15, 0.2) is 0 Å². The molecule has 4 amide bonds. The van der Waals surface area contributed by atoms with Crippen molar-refractivity contribution < 1.29 is 29.0 Å². The minimum absolute atomic E-state index is 0.0617. The van der Waals surface area contributed by atoms with Gasteiger partial charge in [0.1, 0.15) is 0 Å². The van der Waals surface area contributed by atoms with Crippen molar-refractivity contribution in [1.82, 2.24) is 19.6 Å². The summed E-state index contributed by atoms with van der Waals surface area (Å²) in [4.78, 5) is 60.9. The minimum Gasteiger partial charge on any atom is -0.394 e. The van der Waals surface area contributed by atoms with Crippen molar-refractivity contribution in [2.45, 2.75) is 26.3 Å². The number of benzene rings is 4. The highest BCUT2D eigenvalue weighted by atomic mass is 16.5. The first-order valence-corrected chi connectivity index (χ1v) is 16.7. The normalized spacial score (nSPS) is 14.5. The van der Waals surface area contributed by atoms with Crippen LogP contribution in [0.1, 0.15) is 61.7 Å². The first-order valence-electron chi connectivity index (χ1n) is 16.7. The third-order valence-electron chi connectivity index (χ3n) is 9.40. The number of nitrogens with zero attached hydrogens (tertiary/aromatic N) is 4. The number of imide groups is 2. The molecule has 10 nitrogen and oxygen atoms in total. The highest BCUT2D eigenvalue weighted by Gasteiger charge is 2.34. The summed E-state index contributed by atoms with van der Waals surface area (Å²) in [5.74, 6) is -1.09. The Hall–Kier alpha value is -4.48. The minimum atomic E-state index is -0.285. The molecule has 0 aromatic heterocycles. The van der Waals surface area contributed by atoms with Gasteiger partial charge < -0.3 is 9.84 Å². The maximum Gasteiger partial charge on any atom is 0.261 e. The van der Waals surface area contributed by atoms with Crippen LogP contribution in [0.4, 0.5) is 0 Å². The first-order chi connectivity index (χ1) is 23.3. The topological polar surface area (TPSA) is 111 Å². The lowest BCUT2D eigenvalue weighted by molar-refractivity contribution is 0.0549. The molecule has 10 heteroatoms. The van der Waals surface area contributed by atoms with E-state index in [0.717, 1.165) is 29.1 Å². The fourth-order valence-electron chi connectivity index (χ4n) is 6.86. The molecule has 0 unspecified atom stereocenters. The fourth-order valence-corrected chi connectivity index (χ4v) is 6.86. The van der Waals surface area contributed by atoms with E-state index in [0.29, 0.717) is 60.4 Å². The van der Waals surface area contributed by atoms with Gasteiger partial charge in [-0.3, -0.25) is 38.8 Å². The molecule has 250 valence electrons. The first kappa shape index (κ1) is 33.4. The van der Waals surface area contributed by atoms with Crippen LogP contribution in [0, 0.1) is 0 Å². The second kappa shape index (κ2) is 14.7. The van der Waals surface area contributed by atoms with E-state index in [2.05, 4.69) is 23.6 Å². The summed E-state index contributed by atoms with van der Waals surface area (Å²) in [6, 6.07) is 22.4. The third-order valence-corrected chi connectivity index (χ3v) is 9.40. The molecule has 0 saturated heterocycles. The summed E-state index contributed by atoms with van der Waals surface area (Å²) in [5.41, 5.74) is 2.20. The molecule has 1 N–H and O–H groups in total. The van der Waals surface area contributed by atoms with Crippen LogP contribution in [0.2, 0.25) is 0 Å². The summed E-state index contributed by atoms with van der Waals surface area (Å²) in [6.45, 7) is 8.31. The van der Waals surface area contributed by atoms with Gasteiger partial charge in [0, 0.05) is 71.8 Å². The molecule has 0 radical (unpaired) electrons. The van der Waals surface area contributed by atoms with Gasteiger partial charge in [0.05, 0.1) is 19.8 Å². The zero-order valence-corrected chi connectivity index (χ0v) is 27.6. The highest BCUT2D eigenvalue weighted by Crippen LogP contribution is 2.31. The zero-order valence-electron chi connectivity index (χ0n) is 27.6. The summed E-state index contributed by atoms with van der Waals surface area (Å²) >= 11 is 0. The number of aliphatic hydroxyl groups is 1. The number of carbonyl (C=O) groups is 4. The third kappa shape index (κ3) is 6.61. The van der Waals surface area contributed by atoms with Crippen LogP contribution < -0.4 is 0 Å². The average Bonchev–Trinajstić information content (AvgIpc) is 3.09. The van der Waals surface area contributed by atoms with Crippen LogP contribution in [0.15, 0.2) is 72.8 Å². The van der Waals surface area contributed by atoms with Gasteiger partial charge in [0.2, 0.25) is 0 Å². The van der Waals surface area contributed by atoms with Crippen LogP contribution >= 0.6 is 0 Å². The molecular weight excluding hydrogens is 608 g/mol. The predicted octanol–water partition coefficient (Wildman–Crippen LogP) is 4.30. The van der Waals surface area contributed by atoms with E-state index in [9.17, 15) is 19.2 Å². The fraction of sp³-hybridized carbons (Fsp3) is 0.368. The maximum atomic E-state index is 13.4. The summed E-state index contributed by atoms with van der Waals surface area (Å²) in [7, 11) is 0. The molecule has 0 spiro atoms. The number of ether oxygens (including phenoxy) is 1. The van der Waals surface area contributed by atoms with E-state index < -0.39 is 0 Å². The molecule has 4 aromatic rings. The Labute approximate surface area is 280 Å². The van der Waals surface area contributed by atoms with Gasteiger partial charge in [-0.15, -0.1) is 0 Å². The number of rotatable bonds is 16. The zero-order chi connectivity index (χ0) is 33.8. The lowest BCUT2D eigenvalue weighted by atomic mass is 9.94. The van der Waals surface area contributed by atoms with Gasteiger partial charge in [-0.2, -0.15) is 0 Å². The van der Waals surface area contributed by atoms with Crippen LogP contribution in [-0.2, 0) is 4.74 Å². The molecule has 0 atom stereocenters. The van der Waals surface area contributed by atoms with E-state index in [1.807, 2.05) is 48.5 Å². The van der Waals surface area contributed by atoms with Gasteiger partial charge in [0.25, 0.3) is 23.6 Å². The number of aliphatic hydroxyl groups excluding tert-OH is 1. The van der Waals surface area contributed by atoms with Crippen molar-refractivity contribution in [1.29, 1.82) is 0 Å². The molecule has 2 aliphatic heterocycles. The molecule has 0 saturated carbocycles. The van der Waals surface area contributed by atoms with E-state index in [4.69, 9.17) is 9.84 Å². The molecule has 4 aromatic carbocycles. The standard InChI is InChI=1S/C38H42N4O6/c1-26(2)40(19-21-42-37(46)31-14-5-10-28-11-6-15-32(34(28)31)38(42)47)17-7-16-39(22-24-48-25-23-43)18-20-41-35(44)29-12-3-8-27-9-4-13-30(33(27)29)36(41)45/h3-6,8-15,26,43H,7,16-25H2,1-2H3. The Morgan fingerprint density at radius 1 is 0.604 bits per heavy atom. The maximum absolute atomic E-state index is 13.4. The van der Waals surface area contributed by atoms with Crippen molar-refractivity contribution in [2.75, 3.05) is 65.6 Å². The predicted molar refractivity (Wildman–Crippen MR) is 184 cm³/mol. The van der Waals surface area contributed by atoms with Crippen molar-refractivity contribution in [3.05, 3.63) is 95.1 Å². The average molecular weight is 651 g/mol. The molecule has 2 heterocycles. The number of hydrogen-bond donors (Lipinski definition) is 1. The van der Waals surface area contributed by atoms with Crippen molar-refractivity contribution in [3.8, 4) is 0 Å². The summed E-state index contributed by atoms with van der Waals surface area (Å²) < 4.78 is 5.55. The van der Waals surface area contributed by atoms with Gasteiger partial charge in [-0.25, -0.2) is 0 Å². The van der Waals surface area contributed by atoms with E-state index >= 15 is 0 Å². The van der Waals surface area contributed by atoms with Crippen LogP contribution in [0.25, 0.3) is 21.5 Å². The molecule has 0 bridgehead atoms. The molecular formula is C38H42N4O6. The van der Waals surface area contributed by atoms with Gasteiger partial charge in [-0.05, 0) is 68.4 Å². The second-order valence-electron chi connectivity index (χ2n) is 12.6. The van der Waals surface area contributed by atoms with E-state index in [1.165, 1.54) is 9.80 Å². The van der Waals surface area contributed by atoms with E-state index in [-0.39, 0.29) is 56.0 Å².